The van der Waals surface area contributed by atoms with E-state index < -0.39 is 0 Å². The summed E-state index contributed by atoms with van der Waals surface area (Å²) in [5.41, 5.74) is 2.09. The van der Waals surface area contributed by atoms with Crippen LogP contribution in [0.5, 0.6) is 17.5 Å². The van der Waals surface area contributed by atoms with E-state index in [4.69, 9.17) is 21.1 Å². The smallest absolute Gasteiger partial charge is 0.346 e. The monoisotopic (exact) mass is 432 g/mol. The summed E-state index contributed by atoms with van der Waals surface area (Å²) in [5.74, 6) is 0.789. The van der Waals surface area contributed by atoms with Crippen molar-refractivity contribution in [1.29, 1.82) is 0 Å². The van der Waals surface area contributed by atoms with E-state index in [1.54, 1.807) is 48.5 Å². The van der Waals surface area contributed by atoms with Gasteiger partial charge in [-0.15, -0.1) is 0 Å². The first-order chi connectivity index (χ1) is 15.1. The third-order valence-electron chi connectivity index (χ3n) is 4.39. The Labute approximate surface area is 183 Å². The van der Waals surface area contributed by atoms with Gasteiger partial charge in [-0.2, -0.15) is 4.68 Å². The Morgan fingerprint density at radius 1 is 1.00 bits per heavy atom. The van der Waals surface area contributed by atoms with Gasteiger partial charge in [0.2, 0.25) is 0 Å². The van der Waals surface area contributed by atoms with Gasteiger partial charge in [-0.25, -0.2) is 0 Å². The van der Waals surface area contributed by atoms with Crippen molar-refractivity contribution in [3.8, 4) is 23.2 Å². The zero-order chi connectivity index (χ0) is 21.6. The molecular weight excluding hydrogens is 416 g/mol. The number of ketones is 1. The van der Waals surface area contributed by atoms with E-state index in [1.165, 1.54) is 17.9 Å². The number of benzene rings is 3. The Kier molecular flexibility index (Phi) is 6.05. The molecule has 8 heteroatoms. The highest BCUT2D eigenvalue weighted by Crippen LogP contribution is 2.32. The van der Waals surface area contributed by atoms with Gasteiger partial charge in [-0.1, -0.05) is 47.0 Å². The van der Waals surface area contributed by atoms with Crippen LogP contribution in [0.15, 0.2) is 78.9 Å². The first-order valence-corrected chi connectivity index (χ1v) is 9.69. The van der Waals surface area contributed by atoms with Crippen molar-refractivity contribution >= 4 is 23.5 Å². The number of ether oxygens (including phenoxy) is 2. The second-order valence-corrected chi connectivity index (χ2v) is 6.86. The molecule has 31 heavy (non-hydrogen) atoms. The predicted molar refractivity (Wildman–Crippen MR) is 117 cm³/mol. The number of rotatable bonds is 7. The van der Waals surface area contributed by atoms with Crippen LogP contribution in [-0.2, 0) is 0 Å². The standard InChI is InChI=1S/C23H17ClN4O3/c1-30-22-15-16(7-13-20(29)17-9-11-18(24)12-10-17)8-14-21(22)31-23-25-26-27-28(23)19-5-3-2-4-6-19/h2-15H,1H3/b13-7+. The van der Waals surface area contributed by atoms with Gasteiger partial charge in [-0.05, 0) is 70.6 Å². The number of para-hydroxylation sites is 1. The average Bonchev–Trinajstić information content (AvgIpc) is 3.27. The van der Waals surface area contributed by atoms with Crippen LogP contribution in [0, 0.1) is 0 Å². The highest BCUT2D eigenvalue weighted by molar-refractivity contribution is 6.30. The minimum absolute atomic E-state index is 0.127. The maximum atomic E-state index is 12.3. The summed E-state index contributed by atoms with van der Waals surface area (Å²) in [6.07, 6.45) is 3.20. The van der Waals surface area contributed by atoms with Crippen molar-refractivity contribution in [2.75, 3.05) is 7.11 Å². The molecule has 154 valence electrons. The highest BCUT2D eigenvalue weighted by atomic mass is 35.5. The van der Waals surface area contributed by atoms with E-state index in [0.29, 0.717) is 22.1 Å². The SMILES string of the molecule is COc1cc(/C=C/C(=O)c2ccc(Cl)cc2)ccc1Oc1nnnn1-c1ccccc1. The summed E-state index contributed by atoms with van der Waals surface area (Å²) in [6.45, 7) is 0. The summed E-state index contributed by atoms with van der Waals surface area (Å²) in [7, 11) is 1.54. The van der Waals surface area contributed by atoms with Gasteiger partial charge in [0.1, 0.15) is 0 Å². The second kappa shape index (κ2) is 9.23. The maximum absolute atomic E-state index is 12.3. The van der Waals surface area contributed by atoms with Crippen LogP contribution in [-0.4, -0.2) is 33.1 Å². The maximum Gasteiger partial charge on any atom is 0.346 e. The van der Waals surface area contributed by atoms with Crippen molar-refractivity contribution in [2.24, 2.45) is 0 Å². The minimum atomic E-state index is -0.127. The lowest BCUT2D eigenvalue weighted by molar-refractivity contribution is 0.104. The van der Waals surface area contributed by atoms with Gasteiger partial charge < -0.3 is 9.47 Å². The summed E-state index contributed by atoms with van der Waals surface area (Å²) in [5, 5.41) is 12.2. The molecule has 0 atom stereocenters. The molecule has 0 N–H and O–H groups in total. The van der Waals surface area contributed by atoms with Crippen LogP contribution in [0.2, 0.25) is 5.02 Å². The number of hydrogen-bond donors (Lipinski definition) is 0. The van der Waals surface area contributed by atoms with E-state index in [9.17, 15) is 4.79 Å². The Morgan fingerprint density at radius 3 is 2.52 bits per heavy atom. The Bertz CT molecular complexity index is 1220. The van der Waals surface area contributed by atoms with Crippen molar-refractivity contribution in [2.45, 2.75) is 0 Å². The lowest BCUT2D eigenvalue weighted by Gasteiger charge is -2.10. The molecule has 1 heterocycles. The highest BCUT2D eigenvalue weighted by Gasteiger charge is 2.14. The molecule has 0 fully saturated rings. The van der Waals surface area contributed by atoms with Crippen LogP contribution in [0.4, 0.5) is 0 Å². The number of carbonyl (C=O) groups is 1. The second-order valence-electron chi connectivity index (χ2n) is 6.43. The van der Waals surface area contributed by atoms with Crippen molar-refractivity contribution in [1.82, 2.24) is 20.2 Å². The van der Waals surface area contributed by atoms with Crippen LogP contribution in [0.25, 0.3) is 11.8 Å². The molecule has 0 aliphatic carbocycles. The number of tetrazole rings is 1. The number of allylic oxidation sites excluding steroid dienone is 1. The van der Waals surface area contributed by atoms with E-state index in [0.717, 1.165) is 11.3 Å². The molecule has 0 amide bonds. The molecule has 0 aliphatic rings. The fraction of sp³-hybridized carbons (Fsp3) is 0.0435. The van der Waals surface area contributed by atoms with Crippen LogP contribution >= 0.6 is 11.6 Å². The van der Waals surface area contributed by atoms with Gasteiger partial charge in [0.15, 0.2) is 17.3 Å². The Hall–Kier alpha value is -3.97. The van der Waals surface area contributed by atoms with E-state index in [-0.39, 0.29) is 11.8 Å². The number of methoxy groups -OCH3 is 1. The van der Waals surface area contributed by atoms with Gasteiger partial charge in [0.25, 0.3) is 0 Å². The molecule has 0 bridgehead atoms. The number of hydrogen-bond acceptors (Lipinski definition) is 6. The molecule has 0 unspecified atom stereocenters. The summed E-state index contributed by atoms with van der Waals surface area (Å²) >= 11 is 5.86. The molecule has 0 radical (unpaired) electrons. The quantitative estimate of drug-likeness (QED) is 0.301. The first kappa shape index (κ1) is 20.3. The largest absolute Gasteiger partial charge is 0.493 e. The summed E-state index contributed by atoms with van der Waals surface area (Å²) in [4.78, 5) is 12.3. The van der Waals surface area contributed by atoms with Crippen LogP contribution in [0.1, 0.15) is 15.9 Å². The molecule has 3 aromatic carbocycles. The van der Waals surface area contributed by atoms with Crippen LogP contribution < -0.4 is 9.47 Å². The van der Waals surface area contributed by atoms with Crippen molar-refractivity contribution in [3.63, 3.8) is 0 Å². The molecule has 7 nitrogen and oxygen atoms in total. The van der Waals surface area contributed by atoms with Crippen LogP contribution in [0.3, 0.4) is 0 Å². The minimum Gasteiger partial charge on any atom is -0.493 e. The van der Waals surface area contributed by atoms with Gasteiger partial charge >= 0.3 is 6.01 Å². The van der Waals surface area contributed by atoms with Gasteiger partial charge in [0, 0.05) is 10.6 Å². The molecule has 4 rings (SSSR count). The zero-order valence-electron chi connectivity index (χ0n) is 16.5. The lowest BCUT2D eigenvalue weighted by Crippen LogP contribution is -2.01. The average molecular weight is 433 g/mol. The summed E-state index contributed by atoms with van der Waals surface area (Å²) < 4.78 is 12.8. The third kappa shape index (κ3) is 4.79. The number of carbonyl (C=O) groups excluding carboxylic acids is 1. The lowest BCUT2D eigenvalue weighted by atomic mass is 10.1. The van der Waals surface area contributed by atoms with E-state index in [2.05, 4.69) is 15.5 Å². The molecule has 1 aromatic heterocycles. The molecule has 4 aromatic rings. The zero-order valence-corrected chi connectivity index (χ0v) is 17.2. The van der Waals surface area contributed by atoms with Gasteiger partial charge in [0.05, 0.1) is 12.8 Å². The summed E-state index contributed by atoms with van der Waals surface area (Å²) in [6, 6.07) is 21.6. The number of halogens is 1. The topological polar surface area (TPSA) is 79.1 Å². The van der Waals surface area contributed by atoms with Gasteiger partial charge in [-0.3, -0.25) is 4.79 Å². The van der Waals surface area contributed by atoms with Crippen molar-refractivity contribution in [3.05, 3.63) is 95.0 Å². The molecule has 0 saturated carbocycles. The molecule has 0 spiro atoms. The fourth-order valence-electron chi connectivity index (χ4n) is 2.83. The predicted octanol–water partition coefficient (Wildman–Crippen LogP) is 5.01. The van der Waals surface area contributed by atoms with E-state index >= 15 is 0 Å². The third-order valence-corrected chi connectivity index (χ3v) is 4.64. The fourth-order valence-corrected chi connectivity index (χ4v) is 2.95. The molecule has 0 saturated heterocycles. The molecular formula is C23H17ClN4O3. The number of aromatic nitrogens is 4. The Morgan fingerprint density at radius 2 is 1.77 bits per heavy atom. The first-order valence-electron chi connectivity index (χ1n) is 9.32. The van der Waals surface area contributed by atoms with Crippen molar-refractivity contribution < 1.29 is 14.3 Å². The Balaban J connectivity index is 1.53. The normalized spacial score (nSPS) is 10.9. The number of nitrogens with zero attached hydrogens (tertiary/aromatic N) is 4. The molecule has 0 aliphatic heterocycles. The van der Waals surface area contributed by atoms with E-state index in [1.807, 2.05) is 30.3 Å².